The molecular weight excluding hydrogens is 235 g/mol. The van der Waals surface area contributed by atoms with E-state index < -0.39 is 25.5 Å². The molecule has 7 nitrogen and oxygen atoms in total. The first-order chi connectivity index (χ1) is 6.22. The Balaban J connectivity index is 0. The van der Waals surface area contributed by atoms with Crippen molar-refractivity contribution in [1.82, 2.24) is 0 Å². The Kier molecular flexibility index (Phi) is 9.90. The normalized spacial score (nSPS) is 15.0. The van der Waals surface area contributed by atoms with Crippen LogP contribution in [0.5, 0.6) is 0 Å². The van der Waals surface area contributed by atoms with Gasteiger partial charge in [-0.2, -0.15) is 0 Å². The van der Waals surface area contributed by atoms with E-state index in [1.54, 1.807) is 0 Å². The third-order valence-corrected chi connectivity index (χ3v) is 0.969. The molecule has 0 fully saturated rings. The summed E-state index contributed by atoms with van der Waals surface area (Å²) < 4.78 is 0. The zero-order valence-corrected chi connectivity index (χ0v) is 8.80. The molecule has 0 spiro atoms. The number of carbonyl (C=O) groups is 1. The highest BCUT2D eigenvalue weighted by molar-refractivity contribution is 8.06. The van der Waals surface area contributed by atoms with Crippen molar-refractivity contribution in [3.05, 3.63) is 0 Å². The van der Waals surface area contributed by atoms with Gasteiger partial charge in [0.25, 0.3) is 0 Å². The summed E-state index contributed by atoms with van der Waals surface area (Å²) >= 11 is 3.60. The van der Waals surface area contributed by atoms with Crippen molar-refractivity contribution < 1.29 is 34.8 Å². The van der Waals surface area contributed by atoms with Gasteiger partial charge in [0.1, 0.15) is 12.4 Å². The summed E-state index contributed by atoms with van der Waals surface area (Å²) in [7, 11) is 0. The van der Waals surface area contributed by atoms with Gasteiger partial charge in [-0.3, -0.25) is 0 Å². The standard InChI is InChI=1S/C5H10O4.H3O3PS/c6-2-1-4(8)5(9)3-7;1-4(2,3)5/h2,4-5,7-9H,1,3H2;(H3,1,2,3,5). The van der Waals surface area contributed by atoms with E-state index in [0.717, 1.165) is 0 Å². The number of hydrogen-bond acceptors (Lipinski definition) is 5. The molecule has 0 aromatic carbocycles. The van der Waals surface area contributed by atoms with Crippen LogP contribution in [0.1, 0.15) is 6.42 Å². The van der Waals surface area contributed by atoms with Gasteiger partial charge < -0.3 is 34.8 Å². The first kappa shape index (κ1) is 16.5. The maximum atomic E-state index is 9.68. The monoisotopic (exact) mass is 248 g/mol. The van der Waals surface area contributed by atoms with Gasteiger partial charge in [0.2, 0.25) is 0 Å². The summed E-state index contributed by atoms with van der Waals surface area (Å²) in [5.74, 6) is 0. The average molecular weight is 248 g/mol. The smallest absolute Gasteiger partial charge is 0.319 e. The molecule has 86 valence electrons. The predicted molar refractivity (Wildman–Crippen MR) is 50.7 cm³/mol. The van der Waals surface area contributed by atoms with Gasteiger partial charge in [0, 0.05) is 6.42 Å². The van der Waals surface area contributed by atoms with Crippen molar-refractivity contribution in [1.29, 1.82) is 0 Å². The molecule has 9 heteroatoms. The van der Waals surface area contributed by atoms with E-state index >= 15 is 0 Å². The predicted octanol–water partition coefficient (Wildman–Crippen LogP) is -2.52. The molecule has 0 saturated carbocycles. The van der Waals surface area contributed by atoms with Crippen LogP contribution < -0.4 is 0 Å². The second-order valence-electron chi connectivity index (χ2n) is 2.23. The molecule has 0 aliphatic rings. The fraction of sp³-hybridized carbons (Fsp3) is 0.800. The van der Waals surface area contributed by atoms with Crippen molar-refractivity contribution in [2.45, 2.75) is 18.6 Å². The van der Waals surface area contributed by atoms with Gasteiger partial charge in [-0.25, -0.2) is 0 Å². The van der Waals surface area contributed by atoms with E-state index in [9.17, 15) is 4.79 Å². The van der Waals surface area contributed by atoms with Gasteiger partial charge in [0.15, 0.2) is 0 Å². The van der Waals surface area contributed by atoms with E-state index in [-0.39, 0.29) is 6.42 Å². The lowest BCUT2D eigenvalue weighted by Crippen LogP contribution is -2.29. The van der Waals surface area contributed by atoms with Crippen molar-refractivity contribution in [3.63, 3.8) is 0 Å². The van der Waals surface area contributed by atoms with Crippen molar-refractivity contribution in [2.24, 2.45) is 0 Å². The van der Waals surface area contributed by atoms with Gasteiger partial charge in [-0.15, -0.1) is 0 Å². The zero-order valence-electron chi connectivity index (χ0n) is 7.09. The second-order valence-corrected chi connectivity index (χ2v) is 4.73. The molecule has 0 aliphatic carbocycles. The zero-order chi connectivity index (χ0) is 11.8. The van der Waals surface area contributed by atoms with Gasteiger partial charge in [-0.05, 0) is 11.8 Å². The Bertz CT molecular complexity index is 184. The summed E-state index contributed by atoms with van der Waals surface area (Å²) in [6.07, 6.45) is -1.98. The van der Waals surface area contributed by atoms with E-state index in [4.69, 9.17) is 30.0 Å². The highest BCUT2D eigenvalue weighted by atomic mass is 32.5. The van der Waals surface area contributed by atoms with Crippen LogP contribution in [0.4, 0.5) is 0 Å². The van der Waals surface area contributed by atoms with Crippen LogP contribution in [-0.4, -0.2) is 55.1 Å². The first-order valence-electron chi connectivity index (χ1n) is 3.41. The van der Waals surface area contributed by atoms with Crippen LogP contribution in [0, 0.1) is 0 Å². The number of hydrogen-bond donors (Lipinski definition) is 6. The Morgan fingerprint density at radius 1 is 1.21 bits per heavy atom. The van der Waals surface area contributed by atoms with Crippen molar-refractivity contribution in [3.8, 4) is 0 Å². The molecule has 2 unspecified atom stereocenters. The van der Waals surface area contributed by atoms with Crippen LogP contribution in [0.15, 0.2) is 0 Å². The number of rotatable bonds is 4. The third-order valence-electron chi connectivity index (χ3n) is 0.969. The lowest BCUT2D eigenvalue weighted by molar-refractivity contribution is -0.111. The topological polar surface area (TPSA) is 138 Å². The van der Waals surface area contributed by atoms with Crippen molar-refractivity contribution >= 4 is 24.8 Å². The quantitative estimate of drug-likeness (QED) is 0.237. The van der Waals surface area contributed by atoms with E-state index in [1.165, 1.54) is 0 Å². The largest absolute Gasteiger partial charge is 0.394 e. The van der Waals surface area contributed by atoms with Gasteiger partial charge in [0.05, 0.1) is 12.7 Å². The van der Waals surface area contributed by atoms with Crippen LogP contribution in [0.3, 0.4) is 0 Å². The first-order valence-corrected chi connectivity index (χ1v) is 6.07. The second kappa shape index (κ2) is 8.39. The van der Waals surface area contributed by atoms with E-state index in [0.29, 0.717) is 6.29 Å². The summed E-state index contributed by atoms with van der Waals surface area (Å²) in [6, 6.07) is 0. The number of aldehydes is 1. The fourth-order valence-electron chi connectivity index (χ4n) is 0.377. The summed E-state index contributed by atoms with van der Waals surface area (Å²) in [5.41, 5.74) is 0. The molecule has 0 amide bonds. The number of aliphatic hydroxyl groups excluding tert-OH is 3. The average Bonchev–Trinajstić information content (AvgIpc) is 2.00. The Morgan fingerprint density at radius 2 is 1.57 bits per heavy atom. The molecule has 14 heavy (non-hydrogen) atoms. The molecule has 0 aliphatic heterocycles. The molecule has 0 saturated heterocycles. The molecule has 0 heterocycles. The minimum atomic E-state index is -3.81. The van der Waals surface area contributed by atoms with E-state index in [2.05, 4.69) is 11.8 Å². The van der Waals surface area contributed by atoms with Gasteiger partial charge in [-0.1, -0.05) is 0 Å². The van der Waals surface area contributed by atoms with Crippen LogP contribution in [0.25, 0.3) is 0 Å². The summed E-state index contributed by atoms with van der Waals surface area (Å²) in [6.45, 7) is -4.32. The number of carbonyl (C=O) groups excluding carboxylic acids is 1. The summed E-state index contributed by atoms with van der Waals surface area (Å²) in [4.78, 5) is 32.4. The minimum Gasteiger partial charge on any atom is -0.394 e. The van der Waals surface area contributed by atoms with Crippen LogP contribution >= 0.6 is 6.72 Å². The maximum absolute atomic E-state index is 9.68. The van der Waals surface area contributed by atoms with E-state index in [1.807, 2.05) is 0 Å². The lowest BCUT2D eigenvalue weighted by Gasteiger charge is -2.11. The Hall–Kier alpha value is 0.0800. The molecule has 0 radical (unpaired) electrons. The molecule has 0 aromatic heterocycles. The molecule has 0 bridgehead atoms. The summed E-state index contributed by atoms with van der Waals surface area (Å²) in [5, 5.41) is 25.5. The molecule has 6 N–H and O–H groups in total. The van der Waals surface area contributed by atoms with Crippen LogP contribution in [-0.2, 0) is 16.6 Å². The van der Waals surface area contributed by atoms with Gasteiger partial charge >= 0.3 is 6.72 Å². The Morgan fingerprint density at radius 3 is 1.79 bits per heavy atom. The van der Waals surface area contributed by atoms with Crippen molar-refractivity contribution in [2.75, 3.05) is 6.61 Å². The number of aliphatic hydroxyl groups is 3. The lowest BCUT2D eigenvalue weighted by atomic mass is 10.2. The fourth-order valence-corrected chi connectivity index (χ4v) is 0.377. The molecule has 0 rings (SSSR count). The maximum Gasteiger partial charge on any atom is 0.319 e. The van der Waals surface area contributed by atoms with Crippen LogP contribution in [0.2, 0.25) is 0 Å². The highest BCUT2D eigenvalue weighted by Gasteiger charge is 2.13. The third kappa shape index (κ3) is 18.0. The Labute approximate surface area is 85.5 Å². The highest BCUT2D eigenvalue weighted by Crippen LogP contribution is 2.26. The minimum absolute atomic E-state index is 0.137. The molecule has 2 atom stereocenters. The molecular formula is C5H13O7PS. The SMILES string of the molecule is O=CCC(O)C(O)CO.OP(O)(O)=S. The molecule has 0 aromatic rings.